The van der Waals surface area contributed by atoms with E-state index in [1.54, 1.807) is 6.92 Å². The Morgan fingerprint density at radius 3 is 2.76 bits per heavy atom. The first kappa shape index (κ1) is 15.2. The molecular weight excluding hydrogens is 289 g/mol. The number of esters is 1. The summed E-state index contributed by atoms with van der Waals surface area (Å²) in [5.74, 6) is -0.832. The lowest BCUT2D eigenvalue weighted by molar-refractivity contribution is -0.137. The molecule has 21 heavy (non-hydrogen) atoms. The summed E-state index contributed by atoms with van der Waals surface area (Å²) in [7, 11) is 0. The number of hydrogen-bond acceptors (Lipinski definition) is 5. The molecule has 2 rings (SSSR count). The molecule has 0 atom stereocenters. The second-order valence-corrected chi connectivity index (χ2v) is 4.16. The molecule has 9 heteroatoms. The predicted molar refractivity (Wildman–Crippen MR) is 67.5 cm³/mol. The first-order chi connectivity index (χ1) is 9.88. The number of imidazole rings is 1. The molecule has 0 aliphatic carbocycles. The lowest BCUT2D eigenvalue weighted by Crippen LogP contribution is -2.18. The number of carbonyl (C=O) groups excluding carboxylic acids is 1. The highest BCUT2D eigenvalue weighted by atomic mass is 19.4. The molecule has 2 aromatic rings. The maximum absolute atomic E-state index is 12.7. The summed E-state index contributed by atoms with van der Waals surface area (Å²) in [6, 6.07) is 0.845. The van der Waals surface area contributed by atoms with E-state index in [1.807, 2.05) is 0 Å². The second kappa shape index (κ2) is 5.68. The van der Waals surface area contributed by atoms with E-state index in [0.29, 0.717) is 6.20 Å². The SMILES string of the molecule is CCOC(=O)c1nc2cc(C(F)(F)F)cnc2n1CCN. The molecule has 0 amide bonds. The molecule has 0 aromatic carbocycles. The van der Waals surface area contributed by atoms with E-state index in [1.165, 1.54) is 4.57 Å². The summed E-state index contributed by atoms with van der Waals surface area (Å²) in [6.07, 6.45) is -3.82. The Hall–Kier alpha value is -2.16. The maximum Gasteiger partial charge on any atom is 0.417 e. The third-order valence-corrected chi connectivity index (χ3v) is 2.72. The molecule has 114 valence electrons. The summed E-state index contributed by atoms with van der Waals surface area (Å²) >= 11 is 0. The number of nitrogens with two attached hydrogens (primary N) is 1. The van der Waals surface area contributed by atoms with Crippen LogP contribution in [-0.4, -0.2) is 33.7 Å². The number of halogens is 3. The summed E-state index contributed by atoms with van der Waals surface area (Å²) in [6.45, 7) is 2.13. The molecule has 2 N–H and O–H groups in total. The number of nitrogens with zero attached hydrogens (tertiary/aromatic N) is 3. The lowest BCUT2D eigenvalue weighted by atomic mass is 10.2. The Kier molecular flexibility index (Phi) is 4.12. The molecule has 0 spiro atoms. The fraction of sp³-hybridized carbons (Fsp3) is 0.417. The van der Waals surface area contributed by atoms with E-state index in [9.17, 15) is 18.0 Å². The van der Waals surface area contributed by atoms with Crippen LogP contribution < -0.4 is 5.73 Å². The minimum atomic E-state index is -4.52. The van der Waals surface area contributed by atoms with Gasteiger partial charge in [0.1, 0.15) is 5.52 Å². The van der Waals surface area contributed by atoms with Gasteiger partial charge in [-0.2, -0.15) is 13.2 Å². The Bertz CT molecular complexity index is 666. The van der Waals surface area contributed by atoms with Gasteiger partial charge in [0.15, 0.2) is 5.65 Å². The molecule has 0 fully saturated rings. The van der Waals surface area contributed by atoms with Crippen molar-refractivity contribution in [2.75, 3.05) is 13.2 Å². The molecule has 0 bridgehead atoms. The van der Waals surface area contributed by atoms with Gasteiger partial charge in [-0.05, 0) is 13.0 Å². The predicted octanol–water partition coefficient (Wildman–Crippen LogP) is 1.59. The van der Waals surface area contributed by atoms with Gasteiger partial charge in [-0.3, -0.25) is 0 Å². The molecule has 0 aliphatic heterocycles. The first-order valence-electron chi connectivity index (χ1n) is 6.19. The van der Waals surface area contributed by atoms with Crippen molar-refractivity contribution in [1.29, 1.82) is 0 Å². The number of rotatable bonds is 4. The number of pyridine rings is 1. The van der Waals surface area contributed by atoms with E-state index in [-0.39, 0.29) is 36.7 Å². The van der Waals surface area contributed by atoms with Gasteiger partial charge in [-0.25, -0.2) is 14.8 Å². The quantitative estimate of drug-likeness (QED) is 0.867. The van der Waals surface area contributed by atoms with Crippen LogP contribution in [0.15, 0.2) is 12.3 Å². The van der Waals surface area contributed by atoms with E-state index in [0.717, 1.165) is 6.07 Å². The average Bonchev–Trinajstić information content (AvgIpc) is 2.77. The van der Waals surface area contributed by atoms with E-state index in [4.69, 9.17) is 10.5 Å². The Balaban J connectivity index is 2.58. The third kappa shape index (κ3) is 2.97. The number of hydrogen-bond donors (Lipinski definition) is 1. The minimum Gasteiger partial charge on any atom is -0.460 e. The highest BCUT2D eigenvalue weighted by molar-refractivity contribution is 5.90. The van der Waals surface area contributed by atoms with Crippen LogP contribution in [-0.2, 0) is 17.5 Å². The van der Waals surface area contributed by atoms with Crippen LogP contribution in [0.3, 0.4) is 0 Å². The van der Waals surface area contributed by atoms with Crippen LogP contribution in [0, 0.1) is 0 Å². The van der Waals surface area contributed by atoms with Crippen LogP contribution in [0.2, 0.25) is 0 Å². The van der Waals surface area contributed by atoms with E-state index in [2.05, 4.69) is 9.97 Å². The van der Waals surface area contributed by atoms with Crippen molar-refractivity contribution in [3.63, 3.8) is 0 Å². The van der Waals surface area contributed by atoms with Crippen LogP contribution in [0.25, 0.3) is 11.2 Å². The summed E-state index contributed by atoms with van der Waals surface area (Å²) in [4.78, 5) is 19.4. The average molecular weight is 302 g/mol. The number of fused-ring (bicyclic) bond motifs is 1. The number of ether oxygens (including phenoxy) is 1. The van der Waals surface area contributed by atoms with Gasteiger partial charge >= 0.3 is 12.1 Å². The maximum atomic E-state index is 12.7. The molecule has 0 saturated carbocycles. The second-order valence-electron chi connectivity index (χ2n) is 4.16. The van der Waals surface area contributed by atoms with Crippen molar-refractivity contribution in [2.24, 2.45) is 5.73 Å². The van der Waals surface area contributed by atoms with E-state index < -0.39 is 17.7 Å². The largest absolute Gasteiger partial charge is 0.460 e. The van der Waals surface area contributed by atoms with Crippen LogP contribution >= 0.6 is 0 Å². The zero-order valence-corrected chi connectivity index (χ0v) is 11.1. The molecule has 0 radical (unpaired) electrons. The highest BCUT2D eigenvalue weighted by Gasteiger charge is 2.32. The number of aromatic nitrogens is 3. The fourth-order valence-electron chi connectivity index (χ4n) is 1.86. The normalized spacial score (nSPS) is 11.9. The molecule has 0 saturated heterocycles. The first-order valence-corrected chi connectivity index (χ1v) is 6.19. The Labute approximate surface area is 117 Å². The van der Waals surface area contributed by atoms with Crippen molar-refractivity contribution in [3.05, 3.63) is 23.7 Å². The standard InChI is InChI=1S/C12H13F3N4O2/c1-2-21-11(20)10-18-8-5-7(12(13,14)15)6-17-9(8)19(10)4-3-16/h5-6H,2-4,16H2,1H3. The zero-order valence-electron chi connectivity index (χ0n) is 11.1. The molecule has 6 nitrogen and oxygen atoms in total. The van der Waals surface area contributed by atoms with Crippen molar-refractivity contribution < 1.29 is 22.7 Å². The van der Waals surface area contributed by atoms with Crippen molar-refractivity contribution in [1.82, 2.24) is 14.5 Å². The smallest absolute Gasteiger partial charge is 0.417 e. The zero-order chi connectivity index (χ0) is 15.6. The van der Waals surface area contributed by atoms with E-state index >= 15 is 0 Å². The molecule has 2 aromatic heterocycles. The van der Waals surface area contributed by atoms with Gasteiger partial charge in [0, 0.05) is 19.3 Å². The van der Waals surface area contributed by atoms with Crippen molar-refractivity contribution in [2.45, 2.75) is 19.6 Å². The Morgan fingerprint density at radius 2 is 2.19 bits per heavy atom. The molecular formula is C12H13F3N4O2. The molecule has 0 unspecified atom stereocenters. The third-order valence-electron chi connectivity index (χ3n) is 2.72. The summed E-state index contributed by atoms with van der Waals surface area (Å²) in [5.41, 5.74) is 4.65. The topological polar surface area (TPSA) is 83.0 Å². The lowest BCUT2D eigenvalue weighted by Gasteiger charge is -2.07. The Morgan fingerprint density at radius 1 is 1.48 bits per heavy atom. The van der Waals surface area contributed by atoms with Gasteiger partial charge in [0.25, 0.3) is 0 Å². The molecule has 2 heterocycles. The van der Waals surface area contributed by atoms with Crippen molar-refractivity contribution in [3.8, 4) is 0 Å². The summed E-state index contributed by atoms with van der Waals surface area (Å²) in [5, 5.41) is 0. The van der Waals surface area contributed by atoms with Crippen molar-refractivity contribution >= 4 is 17.1 Å². The number of alkyl halides is 3. The summed E-state index contributed by atoms with van der Waals surface area (Å²) < 4.78 is 44.2. The monoisotopic (exact) mass is 302 g/mol. The van der Waals surface area contributed by atoms with Gasteiger partial charge in [-0.15, -0.1) is 0 Å². The fourth-order valence-corrected chi connectivity index (χ4v) is 1.86. The van der Waals surface area contributed by atoms with Gasteiger partial charge < -0.3 is 15.0 Å². The van der Waals surface area contributed by atoms with Crippen LogP contribution in [0.5, 0.6) is 0 Å². The van der Waals surface area contributed by atoms with Crippen LogP contribution in [0.4, 0.5) is 13.2 Å². The van der Waals surface area contributed by atoms with Gasteiger partial charge in [-0.1, -0.05) is 0 Å². The van der Waals surface area contributed by atoms with Gasteiger partial charge in [0.05, 0.1) is 12.2 Å². The van der Waals surface area contributed by atoms with Gasteiger partial charge in [0.2, 0.25) is 5.82 Å². The minimum absolute atomic E-state index is 0.0265. The number of carbonyl (C=O) groups is 1. The van der Waals surface area contributed by atoms with Crippen LogP contribution in [0.1, 0.15) is 23.1 Å². The molecule has 0 aliphatic rings. The highest BCUT2D eigenvalue weighted by Crippen LogP contribution is 2.30.